The molecule has 0 amide bonds. The van der Waals surface area contributed by atoms with Crippen LogP contribution in [0.3, 0.4) is 0 Å². The quantitative estimate of drug-likeness (QED) is 0.457. The molecule has 0 N–H and O–H groups in total. The van der Waals surface area contributed by atoms with E-state index >= 15 is 0 Å². The molecule has 2 heterocycles. The lowest BCUT2D eigenvalue weighted by atomic mass is 10.1. The zero-order valence-electron chi connectivity index (χ0n) is 16.5. The van der Waals surface area contributed by atoms with Crippen LogP contribution in [0.5, 0.6) is 5.88 Å². The summed E-state index contributed by atoms with van der Waals surface area (Å²) in [7, 11) is 1.49. The number of aromatic nitrogens is 5. The Bertz CT molecular complexity index is 1310. The molecule has 7 nitrogen and oxygen atoms in total. The lowest BCUT2D eigenvalue weighted by Crippen LogP contribution is -2.23. The first kappa shape index (κ1) is 20.3. The third-order valence-electron chi connectivity index (χ3n) is 4.70. The predicted molar refractivity (Wildman–Crippen MR) is 105 cm³/mol. The highest BCUT2D eigenvalue weighted by Crippen LogP contribution is 2.25. The molecule has 0 fully saturated rings. The van der Waals surface area contributed by atoms with Gasteiger partial charge in [0.15, 0.2) is 17.5 Å². The molecule has 0 unspecified atom stereocenters. The van der Waals surface area contributed by atoms with Gasteiger partial charge < -0.3 is 4.74 Å². The Morgan fingerprint density at radius 2 is 1.71 bits per heavy atom. The average molecular weight is 427 g/mol. The van der Waals surface area contributed by atoms with Crippen LogP contribution in [0, 0.1) is 24.4 Å². The number of pyridine rings is 1. The van der Waals surface area contributed by atoms with Crippen molar-refractivity contribution in [2.45, 2.75) is 13.5 Å². The fourth-order valence-electron chi connectivity index (χ4n) is 3.04. The minimum Gasteiger partial charge on any atom is -0.473 e. The van der Waals surface area contributed by atoms with Crippen LogP contribution in [0.1, 0.15) is 11.1 Å². The number of ether oxygens (including phenoxy) is 1. The van der Waals surface area contributed by atoms with Crippen molar-refractivity contribution in [3.63, 3.8) is 0 Å². The van der Waals surface area contributed by atoms with Gasteiger partial charge in [-0.25, -0.2) is 22.9 Å². The Morgan fingerprint density at radius 1 is 1.00 bits per heavy atom. The summed E-state index contributed by atoms with van der Waals surface area (Å²) in [6.07, 6.45) is 0. The molecule has 0 aliphatic rings. The molecule has 0 saturated carbocycles. The zero-order valence-corrected chi connectivity index (χ0v) is 16.5. The molecule has 158 valence electrons. The Hall–Kier alpha value is -3.95. The highest BCUT2D eigenvalue weighted by atomic mass is 19.2. The van der Waals surface area contributed by atoms with E-state index in [1.165, 1.54) is 17.8 Å². The third-order valence-corrected chi connectivity index (χ3v) is 4.70. The van der Waals surface area contributed by atoms with Crippen LogP contribution in [0.2, 0.25) is 0 Å². The molecular weight excluding hydrogens is 411 g/mol. The molecule has 2 aromatic heterocycles. The van der Waals surface area contributed by atoms with E-state index in [4.69, 9.17) is 4.74 Å². The Kier molecular flexibility index (Phi) is 5.28. The number of nitrogens with zero attached hydrogens (tertiary/aromatic N) is 5. The minimum absolute atomic E-state index is 0.0492. The van der Waals surface area contributed by atoms with Crippen LogP contribution < -0.4 is 10.4 Å². The van der Waals surface area contributed by atoms with Crippen LogP contribution in [0.4, 0.5) is 13.2 Å². The topological polar surface area (TPSA) is 74.8 Å². The summed E-state index contributed by atoms with van der Waals surface area (Å²) < 4.78 is 48.4. The summed E-state index contributed by atoms with van der Waals surface area (Å²) in [4.78, 5) is 16.5. The van der Waals surface area contributed by atoms with Crippen LogP contribution in [0.25, 0.3) is 16.9 Å². The van der Waals surface area contributed by atoms with Crippen LogP contribution in [-0.4, -0.2) is 24.8 Å². The maximum atomic E-state index is 13.6. The van der Waals surface area contributed by atoms with Crippen molar-refractivity contribution in [3.8, 4) is 22.8 Å². The SMILES string of the molecule is Cc1cccc(-n2nnn(C)c2=O)c1COc1cccc(-c2cc(F)c(F)c(F)c2)n1. The second-order valence-corrected chi connectivity index (χ2v) is 6.77. The first-order valence-corrected chi connectivity index (χ1v) is 9.18. The van der Waals surface area contributed by atoms with Crippen molar-refractivity contribution < 1.29 is 17.9 Å². The van der Waals surface area contributed by atoms with Crippen molar-refractivity contribution in [2.75, 3.05) is 0 Å². The van der Waals surface area contributed by atoms with Gasteiger partial charge in [-0.3, -0.25) is 0 Å². The van der Waals surface area contributed by atoms with Crippen molar-refractivity contribution >= 4 is 0 Å². The van der Waals surface area contributed by atoms with E-state index in [1.807, 2.05) is 13.0 Å². The molecule has 4 rings (SSSR count). The van der Waals surface area contributed by atoms with E-state index in [-0.39, 0.29) is 23.7 Å². The van der Waals surface area contributed by atoms with Crippen molar-refractivity contribution in [2.24, 2.45) is 7.05 Å². The van der Waals surface area contributed by atoms with E-state index in [9.17, 15) is 18.0 Å². The van der Waals surface area contributed by atoms with Gasteiger partial charge in [0.2, 0.25) is 5.88 Å². The Balaban J connectivity index is 1.64. The number of hydrogen-bond acceptors (Lipinski definition) is 5. The van der Waals surface area contributed by atoms with Gasteiger partial charge in [0.25, 0.3) is 0 Å². The largest absolute Gasteiger partial charge is 0.473 e. The van der Waals surface area contributed by atoms with Gasteiger partial charge in [-0.1, -0.05) is 18.2 Å². The summed E-state index contributed by atoms with van der Waals surface area (Å²) in [5, 5.41) is 7.59. The molecule has 0 spiro atoms. The summed E-state index contributed by atoms with van der Waals surface area (Å²) >= 11 is 0. The van der Waals surface area contributed by atoms with Crippen LogP contribution in [-0.2, 0) is 13.7 Å². The van der Waals surface area contributed by atoms with E-state index in [0.29, 0.717) is 11.3 Å². The van der Waals surface area contributed by atoms with Gasteiger partial charge in [-0.05, 0) is 47.2 Å². The molecular formula is C21H16F3N5O2. The molecule has 0 radical (unpaired) electrons. The van der Waals surface area contributed by atoms with Gasteiger partial charge in [0.1, 0.15) is 6.61 Å². The van der Waals surface area contributed by atoms with Crippen molar-refractivity contribution in [3.05, 3.63) is 87.6 Å². The minimum atomic E-state index is -1.54. The van der Waals surface area contributed by atoms with Crippen molar-refractivity contribution in [1.82, 2.24) is 24.8 Å². The number of aryl methyl sites for hydroxylation is 2. The number of benzene rings is 2. The smallest absolute Gasteiger partial charge is 0.368 e. The molecule has 31 heavy (non-hydrogen) atoms. The summed E-state index contributed by atoms with van der Waals surface area (Å²) in [6, 6.07) is 11.8. The second-order valence-electron chi connectivity index (χ2n) is 6.77. The van der Waals surface area contributed by atoms with E-state index in [0.717, 1.165) is 22.4 Å². The normalized spacial score (nSPS) is 11.0. The van der Waals surface area contributed by atoms with Gasteiger partial charge in [0.05, 0.1) is 11.4 Å². The molecule has 0 saturated heterocycles. The standard InChI is InChI=1S/C21H16F3N5O2/c1-12-5-3-7-18(29-21(30)28(2)26-27-29)14(12)11-31-19-8-4-6-17(25-19)13-9-15(22)20(24)16(23)10-13/h3-10H,11H2,1-2H3. The van der Waals surface area contributed by atoms with E-state index in [1.54, 1.807) is 24.3 Å². The van der Waals surface area contributed by atoms with Crippen LogP contribution in [0.15, 0.2) is 53.3 Å². The molecule has 4 aromatic rings. The van der Waals surface area contributed by atoms with Gasteiger partial charge in [-0.2, -0.15) is 9.36 Å². The summed E-state index contributed by atoms with van der Waals surface area (Å²) in [6.45, 7) is 1.91. The predicted octanol–water partition coefficient (Wildman–Crippen LogP) is 3.33. The second kappa shape index (κ2) is 8.05. The lowest BCUT2D eigenvalue weighted by Gasteiger charge is -2.13. The van der Waals surface area contributed by atoms with Crippen LogP contribution >= 0.6 is 0 Å². The molecule has 0 aliphatic carbocycles. The Morgan fingerprint density at radius 3 is 2.39 bits per heavy atom. The van der Waals surface area contributed by atoms with Gasteiger partial charge in [-0.15, -0.1) is 0 Å². The third kappa shape index (κ3) is 3.91. The van der Waals surface area contributed by atoms with Gasteiger partial charge >= 0.3 is 5.69 Å². The van der Waals surface area contributed by atoms with Crippen molar-refractivity contribution in [1.29, 1.82) is 0 Å². The molecule has 2 aromatic carbocycles. The monoisotopic (exact) mass is 427 g/mol. The van der Waals surface area contributed by atoms with E-state index in [2.05, 4.69) is 15.4 Å². The first-order valence-electron chi connectivity index (χ1n) is 9.18. The fraction of sp³-hybridized carbons (Fsp3) is 0.143. The Labute approximate surface area is 174 Å². The maximum Gasteiger partial charge on any atom is 0.368 e. The van der Waals surface area contributed by atoms with Gasteiger partial charge in [0, 0.05) is 24.2 Å². The first-order chi connectivity index (χ1) is 14.8. The number of halogens is 3. The lowest BCUT2D eigenvalue weighted by molar-refractivity contribution is 0.293. The van der Waals surface area contributed by atoms with E-state index < -0.39 is 23.1 Å². The number of hydrogen-bond donors (Lipinski definition) is 0. The fourth-order valence-corrected chi connectivity index (χ4v) is 3.04. The molecule has 0 bridgehead atoms. The number of rotatable bonds is 5. The molecule has 0 aliphatic heterocycles. The highest BCUT2D eigenvalue weighted by molar-refractivity contribution is 5.60. The average Bonchev–Trinajstić information content (AvgIpc) is 3.09. The number of tetrazole rings is 1. The summed E-state index contributed by atoms with van der Waals surface area (Å²) in [5.74, 6) is -3.96. The molecule has 10 heteroatoms. The highest BCUT2D eigenvalue weighted by Gasteiger charge is 2.15. The zero-order chi connectivity index (χ0) is 22.1. The maximum absolute atomic E-state index is 13.6. The summed E-state index contributed by atoms with van der Waals surface area (Å²) in [5.41, 5.74) is 1.93. The molecule has 0 atom stereocenters.